The van der Waals surface area contributed by atoms with E-state index in [4.69, 9.17) is 9.97 Å². The molecule has 0 saturated heterocycles. The van der Waals surface area contributed by atoms with E-state index in [0.717, 1.165) is 5.69 Å². The summed E-state index contributed by atoms with van der Waals surface area (Å²) < 4.78 is 0. The summed E-state index contributed by atoms with van der Waals surface area (Å²) in [4.78, 5) is 9.65. The highest BCUT2D eigenvalue weighted by Crippen LogP contribution is 2.44. The number of nitrogens with zero attached hydrogens (tertiary/aromatic N) is 2. The van der Waals surface area contributed by atoms with Crippen LogP contribution in [0.4, 0.5) is 0 Å². The highest BCUT2D eigenvalue weighted by molar-refractivity contribution is 6.11. The van der Waals surface area contributed by atoms with Crippen LogP contribution in [0.15, 0.2) is 54.9 Å². The largest absolute Gasteiger partial charge is 0.260 e. The minimum absolute atomic E-state index is 0.473. The fourth-order valence-electron chi connectivity index (χ4n) is 5.28. The van der Waals surface area contributed by atoms with Crippen LogP contribution in [-0.2, 0) is 0 Å². The van der Waals surface area contributed by atoms with Crippen molar-refractivity contribution >= 4 is 21.5 Å². The Balaban J connectivity index is 1.66. The Hall–Kier alpha value is -2.74. The van der Waals surface area contributed by atoms with Crippen LogP contribution in [0.25, 0.3) is 32.8 Å². The maximum absolute atomic E-state index is 4.87. The number of hydrogen-bond donors (Lipinski definition) is 0. The van der Waals surface area contributed by atoms with Crippen LogP contribution in [0.3, 0.4) is 0 Å². The summed E-state index contributed by atoms with van der Waals surface area (Å²) in [6, 6.07) is 15.6. The van der Waals surface area contributed by atoms with Gasteiger partial charge in [-0.3, -0.25) is 9.97 Å². The monoisotopic (exact) mass is 394 g/mol. The molecule has 2 heteroatoms. The second-order valence-electron chi connectivity index (χ2n) is 9.93. The Labute approximate surface area is 179 Å². The van der Waals surface area contributed by atoms with E-state index >= 15 is 0 Å². The van der Waals surface area contributed by atoms with Crippen LogP contribution in [-0.4, -0.2) is 9.97 Å². The lowest BCUT2D eigenvalue weighted by atomic mass is 9.72. The first-order valence-corrected chi connectivity index (χ1v) is 11.2. The van der Waals surface area contributed by atoms with Crippen molar-refractivity contribution in [3.8, 4) is 11.3 Å². The first-order valence-electron chi connectivity index (χ1n) is 11.2. The van der Waals surface area contributed by atoms with Gasteiger partial charge in [0, 0.05) is 34.6 Å². The molecular weight excluding hydrogens is 364 g/mol. The summed E-state index contributed by atoms with van der Waals surface area (Å²) in [5, 5.41) is 5.11. The number of aryl methyl sites for hydroxylation is 2. The number of hydrogen-bond acceptors (Lipinski definition) is 2. The van der Waals surface area contributed by atoms with Crippen molar-refractivity contribution in [2.24, 2.45) is 5.41 Å². The van der Waals surface area contributed by atoms with Crippen LogP contribution < -0.4 is 0 Å². The number of rotatable bonds is 2. The molecule has 0 amide bonds. The van der Waals surface area contributed by atoms with Crippen LogP contribution in [0.1, 0.15) is 62.3 Å². The molecule has 2 aromatic heterocycles. The third-order valence-electron chi connectivity index (χ3n) is 6.94. The smallest absolute Gasteiger partial charge is 0.0780 e. The molecule has 2 aromatic carbocycles. The molecule has 0 radical (unpaired) electrons. The van der Waals surface area contributed by atoms with Gasteiger partial charge in [0.15, 0.2) is 0 Å². The summed E-state index contributed by atoms with van der Waals surface area (Å²) in [7, 11) is 0. The number of benzene rings is 2. The minimum Gasteiger partial charge on any atom is -0.260 e. The maximum atomic E-state index is 4.87. The van der Waals surface area contributed by atoms with Gasteiger partial charge in [-0.25, -0.2) is 0 Å². The Bertz CT molecular complexity index is 1220. The van der Waals surface area contributed by atoms with Crippen LogP contribution in [0.5, 0.6) is 0 Å². The second-order valence-corrected chi connectivity index (χ2v) is 9.93. The molecule has 0 aliphatic heterocycles. The lowest BCUT2D eigenvalue weighted by molar-refractivity contribution is 0.223. The van der Waals surface area contributed by atoms with E-state index in [2.05, 4.69) is 70.2 Å². The fourth-order valence-corrected chi connectivity index (χ4v) is 5.28. The predicted molar refractivity (Wildman–Crippen MR) is 127 cm³/mol. The summed E-state index contributed by atoms with van der Waals surface area (Å²) in [5.74, 6) is 0.569. The van der Waals surface area contributed by atoms with E-state index in [1.807, 2.05) is 12.4 Å². The van der Waals surface area contributed by atoms with Gasteiger partial charge in [0.05, 0.1) is 11.4 Å². The third-order valence-corrected chi connectivity index (χ3v) is 6.94. The Kier molecular flexibility index (Phi) is 4.61. The summed E-state index contributed by atoms with van der Waals surface area (Å²) in [5.41, 5.74) is 6.57. The zero-order valence-corrected chi connectivity index (χ0v) is 18.5. The van der Waals surface area contributed by atoms with Gasteiger partial charge < -0.3 is 0 Å². The predicted octanol–water partition coefficient (Wildman–Crippen LogP) is 7.75. The molecule has 0 spiro atoms. The molecule has 0 unspecified atom stereocenters. The molecule has 2 nitrogen and oxygen atoms in total. The SMILES string of the molecule is Cc1cc(C)cc(-c2nccc3c2ccc2c(C4CCC(C)(C)CC4)nccc23)c1. The van der Waals surface area contributed by atoms with Gasteiger partial charge in [-0.15, -0.1) is 0 Å². The first kappa shape index (κ1) is 19.2. The summed E-state index contributed by atoms with van der Waals surface area (Å²) in [6.45, 7) is 9.10. The van der Waals surface area contributed by atoms with Gasteiger partial charge in [-0.1, -0.05) is 43.2 Å². The Morgan fingerprint density at radius 1 is 0.733 bits per heavy atom. The van der Waals surface area contributed by atoms with Gasteiger partial charge in [-0.2, -0.15) is 0 Å². The van der Waals surface area contributed by atoms with E-state index in [0.29, 0.717) is 11.3 Å². The van der Waals surface area contributed by atoms with E-state index in [-0.39, 0.29) is 0 Å². The first-order chi connectivity index (χ1) is 14.4. The van der Waals surface area contributed by atoms with Crippen LogP contribution >= 0.6 is 0 Å². The van der Waals surface area contributed by atoms with Gasteiger partial charge in [0.25, 0.3) is 0 Å². The van der Waals surface area contributed by atoms with Crippen molar-refractivity contribution in [2.75, 3.05) is 0 Å². The Morgan fingerprint density at radius 2 is 1.33 bits per heavy atom. The molecule has 0 atom stereocenters. The molecule has 2 heterocycles. The quantitative estimate of drug-likeness (QED) is 0.325. The highest BCUT2D eigenvalue weighted by Gasteiger charge is 2.29. The van der Waals surface area contributed by atoms with Crippen molar-refractivity contribution in [2.45, 2.75) is 59.3 Å². The average Bonchev–Trinajstić information content (AvgIpc) is 2.72. The number of pyridine rings is 2. The fraction of sp³-hybridized carbons (Fsp3) is 0.357. The van der Waals surface area contributed by atoms with Crippen molar-refractivity contribution in [1.29, 1.82) is 0 Å². The summed E-state index contributed by atoms with van der Waals surface area (Å²) in [6.07, 6.45) is 9.00. The van der Waals surface area contributed by atoms with Gasteiger partial charge in [0.1, 0.15) is 0 Å². The molecule has 30 heavy (non-hydrogen) atoms. The van der Waals surface area contributed by atoms with Crippen LogP contribution in [0.2, 0.25) is 0 Å². The average molecular weight is 395 g/mol. The molecule has 0 N–H and O–H groups in total. The molecule has 1 fully saturated rings. The Morgan fingerprint density at radius 3 is 2.03 bits per heavy atom. The van der Waals surface area contributed by atoms with E-state index in [9.17, 15) is 0 Å². The van der Waals surface area contributed by atoms with Crippen molar-refractivity contribution < 1.29 is 0 Å². The number of fused-ring (bicyclic) bond motifs is 3. The highest BCUT2D eigenvalue weighted by atomic mass is 14.7. The van der Waals surface area contributed by atoms with Gasteiger partial charge >= 0.3 is 0 Å². The van der Waals surface area contributed by atoms with Gasteiger partial charge in [0.2, 0.25) is 0 Å². The lowest BCUT2D eigenvalue weighted by Gasteiger charge is -2.34. The molecular formula is C28H30N2. The molecule has 152 valence electrons. The van der Waals surface area contributed by atoms with Crippen LogP contribution in [0, 0.1) is 19.3 Å². The maximum Gasteiger partial charge on any atom is 0.0780 e. The van der Waals surface area contributed by atoms with Crippen molar-refractivity contribution in [1.82, 2.24) is 9.97 Å². The van der Waals surface area contributed by atoms with E-state index in [1.54, 1.807) is 0 Å². The summed E-state index contributed by atoms with van der Waals surface area (Å²) >= 11 is 0. The molecule has 0 bridgehead atoms. The number of aromatic nitrogens is 2. The normalized spacial score (nSPS) is 16.9. The molecule has 5 rings (SSSR count). The molecule has 1 saturated carbocycles. The van der Waals surface area contributed by atoms with E-state index < -0.39 is 0 Å². The standard InChI is InChI=1S/C28H30N2/c1-18-15-19(2)17-21(16-18)27-25-6-5-24-22(23(25)10-14-30-27)9-13-29-26(24)20-7-11-28(3,4)12-8-20/h5-6,9-10,13-17,20H,7-8,11-12H2,1-4H3. The zero-order chi connectivity index (χ0) is 20.9. The zero-order valence-electron chi connectivity index (χ0n) is 18.5. The third kappa shape index (κ3) is 3.39. The second kappa shape index (κ2) is 7.19. The minimum atomic E-state index is 0.473. The lowest BCUT2D eigenvalue weighted by Crippen LogP contribution is -2.20. The van der Waals surface area contributed by atoms with Gasteiger partial charge in [-0.05, 0) is 80.0 Å². The van der Waals surface area contributed by atoms with E-state index in [1.165, 1.54) is 69.6 Å². The molecule has 1 aliphatic carbocycles. The molecule has 4 aromatic rings. The molecule has 1 aliphatic rings. The topological polar surface area (TPSA) is 25.8 Å². The van der Waals surface area contributed by atoms with Crippen molar-refractivity contribution in [3.05, 3.63) is 71.7 Å². The van der Waals surface area contributed by atoms with Crippen molar-refractivity contribution in [3.63, 3.8) is 0 Å².